The Labute approximate surface area is 162 Å². The first-order chi connectivity index (χ1) is 12.6. The molecule has 3 heterocycles. The lowest BCUT2D eigenvalue weighted by Gasteiger charge is -2.58. The highest BCUT2D eigenvalue weighted by molar-refractivity contribution is 5.78. The fraction of sp³-hybridized carbons (Fsp3) is 0.864. The van der Waals surface area contributed by atoms with Gasteiger partial charge in [0, 0.05) is 11.8 Å². The van der Waals surface area contributed by atoms with Crippen molar-refractivity contribution in [3.63, 3.8) is 0 Å². The van der Waals surface area contributed by atoms with Crippen molar-refractivity contribution in [3.8, 4) is 0 Å². The van der Waals surface area contributed by atoms with Crippen molar-refractivity contribution < 1.29 is 23.9 Å². The first kappa shape index (κ1) is 18.1. The summed E-state index contributed by atoms with van der Waals surface area (Å²) in [5.41, 5.74) is -2.15. The molecule has 150 valence electrons. The van der Waals surface area contributed by atoms with E-state index in [0.29, 0.717) is 29.3 Å². The van der Waals surface area contributed by atoms with Crippen molar-refractivity contribution in [2.45, 2.75) is 64.9 Å². The van der Waals surface area contributed by atoms with Gasteiger partial charge in [0.15, 0.2) is 6.10 Å². The van der Waals surface area contributed by atoms with Gasteiger partial charge in [-0.3, -0.25) is 9.28 Å². The summed E-state index contributed by atoms with van der Waals surface area (Å²) in [5.74, 6) is 0.456. The molecule has 0 radical (unpaired) electrons. The van der Waals surface area contributed by atoms with Crippen molar-refractivity contribution >= 4 is 5.97 Å². The van der Waals surface area contributed by atoms with Gasteiger partial charge in [-0.15, -0.1) is 0 Å². The summed E-state index contributed by atoms with van der Waals surface area (Å²) in [5, 5.41) is 12.1. The molecular formula is C22H34NO4+. The van der Waals surface area contributed by atoms with E-state index in [9.17, 15) is 9.90 Å². The average Bonchev–Trinajstić information content (AvgIpc) is 3.24. The largest absolute Gasteiger partial charge is 0.452 e. The molecule has 1 N–H and O–H groups in total. The summed E-state index contributed by atoms with van der Waals surface area (Å²) in [6.45, 7) is 13.4. The molecule has 0 aromatic heterocycles. The number of carbonyl (C=O) groups is 1. The molecule has 2 bridgehead atoms. The number of fused-ring (bicyclic) bond motifs is 3. The van der Waals surface area contributed by atoms with E-state index in [2.05, 4.69) is 46.9 Å². The number of rotatable bonds is 3. The number of ether oxygens (including phenoxy) is 2. The van der Waals surface area contributed by atoms with Crippen LogP contribution in [0.3, 0.4) is 0 Å². The first-order valence-electron chi connectivity index (χ1n) is 10.8. The van der Waals surface area contributed by atoms with Crippen LogP contribution in [0, 0.1) is 35.0 Å². The Morgan fingerprint density at radius 2 is 2.04 bits per heavy atom. The van der Waals surface area contributed by atoms with Crippen LogP contribution in [0.2, 0.25) is 0 Å². The smallest absolute Gasteiger partial charge is 0.312 e. The molecule has 3 aliphatic heterocycles. The minimum absolute atomic E-state index is 0.00970. The second-order valence-corrected chi connectivity index (χ2v) is 10.6. The van der Waals surface area contributed by atoms with E-state index < -0.39 is 22.7 Å². The van der Waals surface area contributed by atoms with Crippen molar-refractivity contribution in [1.29, 1.82) is 0 Å². The van der Waals surface area contributed by atoms with Crippen molar-refractivity contribution in [3.05, 3.63) is 12.3 Å². The molecule has 2 aliphatic carbocycles. The van der Waals surface area contributed by atoms with Gasteiger partial charge in [0.25, 0.3) is 5.72 Å². The first-order valence-corrected chi connectivity index (χ1v) is 10.8. The maximum absolute atomic E-state index is 13.0. The third-order valence-corrected chi connectivity index (χ3v) is 9.01. The van der Waals surface area contributed by atoms with E-state index in [-0.39, 0.29) is 23.9 Å². The van der Waals surface area contributed by atoms with Gasteiger partial charge in [0.1, 0.15) is 13.2 Å². The molecule has 8 atom stereocenters. The SMILES string of the molecule is CC(C)/C=C/[N+]12CCO[C@]13[C@@H]1OC(=O)[C@@H]([C@@H]1C(C)C)[C@]1(O)CC[C@H](C2)[C@@]13C. The van der Waals surface area contributed by atoms with E-state index in [1.165, 1.54) is 0 Å². The second-order valence-electron chi connectivity index (χ2n) is 10.6. The monoisotopic (exact) mass is 376 g/mol. The number of nitrogens with zero attached hydrogens (tertiary/aromatic N) is 1. The molecular weight excluding hydrogens is 342 g/mol. The van der Waals surface area contributed by atoms with Crippen LogP contribution in [0.1, 0.15) is 47.5 Å². The van der Waals surface area contributed by atoms with Crippen LogP contribution >= 0.6 is 0 Å². The fourth-order valence-corrected chi connectivity index (χ4v) is 7.95. The molecule has 5 aliphatic rings. The van der Waals surface area contributed by atoms with E-state index in [1.807, 2.05) is 0 Å². The van der Waals surface area contributed by atoms with E-state index in [1.54, 1.807) is 0 Å². The van der Waals surface area contributed by atoms with Gasteiger partial charge >= 0.3 is 5.97 Å². The molecule has 0 aromatic rings. The fourth-order valence-electron chi connectivity index (χ4n) is 7.95. The lowest BCUT2D eigenvalue weighted by molar-refractivity contribution is -0.933. The number of esters is 1. The molecule has 5 heteroatoms. The summed E-state index contributed by atoms with van der Waals surface area (Å²) in [4.78, 5) is 13.0. The quantitative estimate of drug-likeness (QED) is 0.608. The standard InChI is InChI=1S/C22H34NO4/c1-13(2)7-9-23-10-11-26-22(23)18-16(14(3)4)17(19(24)27-18)21(25)8-6-15(12-23)20(21,22)5/h7,9,13-18,25H,6,8,10-12H2,1-5H3/q+1/b9-7+/t15-,16+,17-,18-,20+,21-,22+,23?/m1/s1. The summed E-state index contributed by atoms with van der Waals surface area (Å²) >= 11 is 0. The molecule has 2 saturated carbocycles. The lowest BCUT2D eigenvalue weighted by atomic mass is 9.51. The third kappa shape index (κ3) is 1.69. The molecule has 0 amide bonds. The Morgan fingerprint density at radius 3 is 2.70 bits per heavy atom. The van der Waals surface area contributed by atoms with Crippen LogP contribution in [0.5, 0.6) is 0 Å². The van der Waals surface area contributed by atoms with Gasteiger partial charge in [-0.1, -0.05) is 27.7 Å². The number of aliphatic hydroxyl groups is 1. The third-order valence-electron chi connectivity index (χ3n) is 9.01. The Bertz CT molecular complexity index is 719. The zero-order valence-corrected chi connectivity index (χ0v) is 17.3. The predicted molar refractivity (Wildman–Crippen MR) is 100 cm³/mol. The zero-order valence-electron chi connectivity index (χ0n) is 17.3. The number of quaternary nitrogens is 1. The molecule has 1 unspecified atom stereocenters. The van der Waals surface area contributed by atoms with Gasteiger partial charge in [0.2, 0.25) is 0 Å². The average molecular weight is 377 g/mol. The minimum Gasteiger partial charge on any atom is -0.452 e. The van der Waals surface area contributed by atoms with Crippen molar-refractivity contribution in [2.75, 3.05) is 19.7 Å². The van der Waals surface area contributed by atoms with Crippen LogP contribution in [0.25, 0.3) is 0 Å². The topological polar surface area (TPSA) is 55.8 Å². The normalized spacial score (nSPS) is 55.6. The lowest BCUT2D eigenvalue weighted by Crippen LogP contribution is -2.76. The predicted octanol–water partition coefficient (Wildman–Crippen LogP) is 2.69. The second kappa shape index (κ2) is 5.17. The molecule has 27 heavy (non-hydrogen) atoms. The van der Waals surface area contributed by atoms with Crippen LogP contribution in [-0.4, -0.2) is 52.7 Å². The maximum Gasteiger partial charge on any atom is 0.312 e. The van der Waals surface area contributed by atoms with Crippen molar-refractivity contribution in [1.82, 2.24) is 0 Å². The number of carbonyl (C=O) groups excluding carboxylic acids is 1. The highest BCUT2D eigenvalue weighted by atomic mass is 16.6. The van der Waals surface area contributed by atoms with Gasteiger partial charge < -0.3 is 14.6 Å². The van der Waals surface area contributed by atoms with E-state index in [0.717, 1.165) is 19.5 Å². The van der Waals surface area contributed by atoms with Crippen LogP contribution in [0.15, 0.2) is 12.3 Å². The summed E-state index contributed by atoms with van der Waals surface area (Å²) in [7, 11) is 0. The number of hydrogen-bond acceptors (Lipinski definition) is 4. The summed E-state index contributed by atoms with van der Waals surface area (Å²) in [6, 6.07) is 0. The van der Waals surface area contributed by atoms with Crippen LogP contribution in [-0.2, 0) is 14.3 Å². The summed E-state index contributed by atoms with van der Waals surface area (Å²) in [6.07, 6.45) is 5.97. The molecule has 0 aromatic carbocycles. The van der Waals surface area contributed by atoms with E-state index >= 15 is 0 Å². The Balaban J connectivity index is 1.78. The summed E-state index contributed by atoms with van der Waals surface area (Å²) < 4.78 is 13.5. The molecule has 5 rings (SSSR count). The molecule has 3 saturated heterocycles. The maximum atomic E-state index is 13.0. The van der Waals surface area contributed by atoms with Gasteiger partial charge in [0.05, 0.1) is 29.7 Å². The molecule has 5 nitrogen and oxygen atoms in total. The number of hydrogen-bond donors (Lipinski definition) is 1. The Morgan fingerprint density at radius 1 is 1.30 bits per heavy atom. The number of allylic oxidation sites excluding steroid dienone is 1. The highest BCUT2D eigenvalue weighted by Crippen LogP contribution is 2.76. The molecule has 5 fully saturated rings. The van der Waals surface area contributed by atoms with Gasteiger partial charge in [-0.2, -0.15) is 0 Å². The van der Waals surface area contributed by atoms with Crippen LogP contribution in [0.4, 0.5) is 0 Å². The Kier molecular flexibility index (Phi) is 3.47. The van der Waals surface area contributed by atoms with E-state index in [4.69, 9.17) is 9.47 Å². The zero-order chi connectivity index (χ0) is 19.4. The minimum atomic E-state index is -1.04. The van der Waals surface area contributed by atoms with Crippen molar-refractivity contribution in [2.24, 2.45) is 35.0 Å². The van der Waals surface area contributed by atoms with Gasteiger partial charge in [-0.25, -0.2) is 0 Å². The Hall–Kier alpha value is -0.910. The van der Waals surface area contributed by atoms with Gasteiger partial charge in [-0.05, 0) is 37.7 Å². The van der Waals surface area contributed by atoms with Crippen LogP contribution < -0.4 is 0 Å². The molecule has 1 spiro atoms. The highest BCUT2D eigenvalue weighted by Gasteiger charge is 2.92.